The van der Waals surface area contributed by atoms with Gasteiger partial charge in [-0.05, 0) is 67.8 Å². The highest BCUT2D eigenvalue weighted by molar-refractivity contribution is 5.75. The van der Waals surface area contributed by atoms with Crippen molar-refractivity contribution in [1.82, 2.24) is 30.0 Å². The minimum absolute atomic E-state index is 0.118. The minimum atomic E-state index is -0.265. The second-order valence-electron chi connectivity index (χ2n) is 11.5. The summed E-state index contributed by atoms with van der Waals surface area (Å²) in [5.74, 6) is -0.0296. The van der Waals surface area contributed by atoms with Gasteiger partial charge in [-0.15, -0.1) is 30.0 Å². The van der Waals surface area contributed by atoms with E-state index in [-0.39, 0.29) is 17.4 Å². The normalized spacial score (nSPS) is 11.7. The van der Waals surface area contributed by atoms with Gasteiger partial charge in [0.2, 0.25) is 0 Å². The summed E-state index contributed by atoms with van der Waals surface area (Å²) in [4.78, 5) is 3.03. The van der Waals surface area contributed by atoms with Crippen molar-refractivity contribution in [1.29, 1.82) is 0 Å². The van der Waals surface area contributed by atoms with Crippen LogP contribution in [0.1, 0.15) is 80.0 Å². The zero-order valence-corrected chi connectivity index (χ0v) is 25.0. The second kappa shape index (κ2) is 12.3. The van der Waals surface area contributed by atoms with E-state index in [2.05, 4.69) is 27.3 Å². The van der Waals surface area contributed by atoms with Crippen LogP contribution < -0.4 is 0 Å². The van der Waals surface area contributed by atoms with Crippen LogP contribution in [0.3, 0.4) is 0 Å². The van der Waals surface area contributed by atoms with Crippen LogP contribution in [-0.2, 0) is 0 Å². The van der Waals surface area contributed by atoms with Crippen molar-refractivity contribution < 1.29 is 10.2 Å². The lowest BCUT2D eigenvalue weighted by Crippen LogP contribution is -2.09. The van der Waals surface area contributed by atoms with Gasteiger partial charge in [0.15, 0.2) is 0 Å². The maximum atomic E-state index is 11.8. The van der Waals surface area contributed by atoms with Crippen LogP contribution in [0.5, 0.6) is 11.5 Å². The predicted octanol–water partition coefficient (Wildman–Crippen LogP) is 8.06. The molecule has 0 saturated heterocycles. The lowest BCUT2D eigenvalue weighted by Gasteiger charge is -2.23. The Morgan fingerprint density at radius 1 is 0.581 bits per heavy atom. The Morgan fingerprint density at radius 2 is 0.977 bits per heavy atom. The fraction of sp³-hybridized carbons (Fsp3) is 0.314. The summed E-state index contributed by atoms with van der Waals surface area (Å²) in [6, 6.07) is 23.2. The van der Waals surface area contributed by atoms with Crippen LogP contribution in [0.25, 0.3) is 33.4 Å². The number of benzene rings is 4. The number of fused-ring (bicyclic) bond motifs is 2. The Balaban J connectivity index is 1.45. The number of aromatic nitrogens is 6. The first-order chi connectivity index (χ1) is 20.9. The van der Waals surface area contributed by atoms with Crippen molar-refractivity contribution >= 4 is 22.1 Å². The highest BCUT2D eigenvalue weighted by Gasteiger charge is 2.26. The number of phenolic OH excluding ortho intramolecular Hbond substituents is 2. The average Bonchev–Trinajstić information content (AvgIpc) is 3.64. The molecule has 0 aliphatic heterocycles. The molecule has 0 bridgehead atoms. The third-order valence-electron chi connectivity index (χ3n) is 8.13. The van der Waals surface area contributed by atoms with E-state index in [9.17, 15) is 10.2 Å². The van der Waals surface area contributed by atoms with Gasteiger partial charge in [0.05, 0.1) is 0 Å². The molecule has 0 saturated carbocycles. The van der Waals surface area contributed by atoms with Gasteiger partial charge in [0.1, 0.15) is 44.9 Å². The van der Waals surface area contributed by atoms with Crippen LogP contribution >= 0.6 is 0 Å². The first-order valence-corrected chi connectivity index (χ1v) is 15.2. The molecule has 0 spiro atoms. The summed E-state index contributed by atoms with van der Waals surface area (Å²) in [6.45, 7) is 6.25. The molecule has 6 rings (SSSR count). The number of aryl methyl sites for hydroxylation is 2. The van der Waals surface area contributed by atoms with Gasteiger partial charge < -0.3 is 10.2 Å². The Hall–Kier alpha value is -4.72. The minimum Gasteiger partial charge on any atom is -0.505 e. The summed E-state index contributed by atoms with van der Waals surface area (Å²) in [5, 5.41) is 42.2. The number of aromatic hydroxyl groups is 2. The van der Waals surface area contributed by atoms with Crippen molar-refractivity contribution in [2.75, 3.05) is 0 Å². The first-order valence-electron chi connectivity index (χ1n) is 15.2. The highest BCUT2D eigenvalue weighted by atomic mass is 16.3. The van der Waals surface area contributed by atoms with Crippen molar-refractivity contribution in [3.8, 4) is 22.9 Å². The van der Waals surface area contributed by atoms with E-state index in [0.717, 1.165) is 63.6 Å². The smallest absolute Gasteiger partial charge is 0.146 e. The summed E-state index contributed by atoms with van der Waals surface area (Å²) >= 11 is 0. The van der Waals surface area contributed by atoms with Crippen LogP contribution in [0.15, 0.2) is 72.8 Å². The summed E-state index contributed by atoms with van der Waals surface area (Å²) in [7, 11) is 0. The maximum absolute atomic E-state index is 11.8. The molecule has 0 fully saturated rings. The van der Waals surface area contributed by atoms with E-state index in [1.54, 1.807) is 0 Å². The quantitative estimate of drug-likeness (QED) is 0.152. The fourth-order valence-corrected chi connectivity index (χ4v) is 5.95. The van der Waals surface area contributed by atoms with Gasteiger partial charge in [0, 0.05) is 17.0 Å². The Bertz CT molecular complexity index is 1690. The van der Waals surface area contributed by atoms with Crippen LogP contribution in [0.2, 0.25) is 0 Å². The predicted molar refractivity (Wildman–Crippen MR) is 170 cm³/mol. The van der Waals surface area contributed by atoms with Crippen LogP contribution in [0.4, 0.5) is 0 Å². The van der Waals surface area contributed by atoms with Gasteiger partial charge in [-0.2, -0.15) is 0 Å². The lowest BCUT2D eigenvalue weighted by molar-refractivity contribution is 0.440. The summed E-state index contributed by atoms with van der Waals surface area (Å²) in [6.07, 6.45) is 7.66. The van der Waals surface area contributed by atoms with Crippen LogP contribution in [0, 0.1) is 13.8 Å². The van der Waals surface area contributed by atoms with E-state index >= 15 is 0 Å². The molecule has 220 valence electrons. The topological polar surface area (TPSA) is 102 Å². The molecule has 8 heteroatoms. The van der Waals surface area contributed by atoms with Gasteiger partial charge in [-0.1, -0.05) is 81.8 Å². The Labute approximate surface area is 251 Å². The number of nitrogens with zero attached hydrogens (tertiary/aromatic N) is 6. The average molecular weight is 575 g/mol. The first kappa shape index (κ1) is 28.4. The van der Waals surface area contributed by atoms with E-state index in [1.807, 2.05) is 86.6 Å². The number of phenols is 2. The molecule has 0 amide bonds. The zero-order chi connectivity index (χ0) is 29.9. The molecule has 2 N–H and O–H groups in total. The molecule has 0 radical (unpaired) electrons. The summed E-state index contributed by atoms with van der Waals surface area (Å²) in [5.41, 5.74) is 7.52. The molecule has 0 unspecified atom stereocenters. The molecule has 0 atom stereocenters. The number of hydrogen-bond acceptors (Lipinski definition) is 6. The van der Waals surface area contributed by atoms with Crippen molar-refractivity contribution in [2.45, 2.75) is 71.6 Å². The van der Waals surface area contributed by atoms with Crippen molar-refractivity contribution in [3.05, 3.63) is 95.1 Å². The molecule has 2 heterocycles. The van der Waals surface area contributed by atoms with Gasteiger partial charge in [-0.3, -0.25) is 0 Å². The second-order valence-corrected chi connectivity index (χ2v) is 11.5. The SMILES string of the molecule is CCCCCCCCC(c1cc(C)cc(-n2nc3ccccc3n2)c1O)c1cc(C)cc(-n2nc3ccccc3n2)c1O. The lowest BCUT2D eigenvalue weighted by atomic mass is 9.83. The van der Waals surface area contributed by atoms with Crippen molar-refractivity contribution in [3.63, 3.8) is 0 Å². The maximum Gasteiger partial charge on any atom is 0.146 e. The molecule has 0 aliphatic rings. The molecular formula is C35H38N6O2. The third kappa shape index (κ3) is 5.82. The van der Waals surface area contributed by atoms with E-state index < -0.39 is 0 Å². The Kier molecular flexibility index (Phi) is 8.09. The van der Waals surface area contributed by atoms with Crippen LogP contribution in [-0.4, -0.2) is 40.2 Å². The molecule has 0 aliphatic carbocycles. The van der Waals surface area contributed by atoms with E-state index in [1.165, 1.54) is 35.3 Å². The third-order valence-corrected chi connectivity index (χ3v) is 8.13. The Morgan fingerprint density at radius 3 is 1.40 bits per heavy atom. The largest absolute Gasteiger partial charge is 0.505 e. The van der Waals surface area contributed by atoms with E-state index in [0.29, 0.717) is 11.4 Å². The van der Waals surface area contributed by atoms with E-state index in [4.69, 9.17) is 0 Å². The number of rotatable bonds is 11. The highest BCUT2D eigenvalue weighted by Crippen LogP contribution is 2.44. The van der Waals surface area contributed by atoms with Crippen molar-refractivity contribution in [2.24, 2.45) is 0 Å². The van der Waals surface area contributed by atoms with Gasteiger partial charge in [0.25, 0.3) is 0 Å². The van der Waals surface area contributed by atoms with Gasteiger partial charge >= 0.3 is 0 Å². The molecule has 43 heavy (non-hydrogen) atoms. The molecule has 4 aromatic carbocycles. The zero-order valence-electron chi connectivity index (χ0n) is 25.0. The fourth-order valence-electron chi connectivity index (χ4n) is 5.95. The summed E-state index contributed by atoms with van der Waals surface area (Å²) < 4.78 is 0. The standard InChI is InChI=1S/C35H38N6O2/c1-4-5-6-7-8-9-14-25(26-19-23(2)21-32(34(26)42)40-36-28-15-10-11-16-29(28)37-40)27-20-24(3)22-33(35(27)43)41-38-30-17-12-13-18-31(30)39-41/h10-13,15-22,25,42-43H,4-9,14H2,1-3H3. The molecule has 2 aromatic heterocycles. The molecule has 8 nitrogen and oxygen atoms in total. The van der Waals surface area contributed by atoms with Gasteiger partial charge in [-0.25, -0.2) is 0 Å². The monoisotopic (exact) mass is 574 g/mol. The number of hydrogen-bond donors (Lipinski definition) is 2. The molecular weight excluding hydrogens is 536 g/mol. The number of unbranched alkanes of at least 4 members (excludes halogenated alkanes) is 5. The molecule has 6 aromatic rings.